The molecular formula is C14H21BrFNO. The Morgan fingerprint density at radius 1 is 1.39 bits per heavy atom. The van der Waals surface area contributed by atoms with Crippen molar-refractivity contribution in [3.63, 3.8) is 0 Å². The van der Waals surface area contributed by atoms with E-state index in [-0.39, 0.29) is 11.8 Å². The molecular weight excluding hydrogens is 297 g/mol. The number of ether oxygens (including phenoxy) is 1. The van der Waals surface area contributed by atoms with Crippen molar-refractivity contribution in [3.05, 3.63) is 28.2 Å². The fourth-order valence-electron chi connectivity index (χ4n) is 2.03. The van der Waals surface area contributed by atoms with Gasteiger partial charge >= 0.3 is 0 Å². The minimum absolute atomic E-state index is 0.108. The zero-order valence-corrected chi connectivity index (χ0v) is 12.7. The van der Waals surface area contributed by atoms with Crippen LogP contribution >= 0.6 is 15.9 Å². The summed E-state index contributed by atoms with van der Waals surface area (Å²) < 4.78 is 20.3. The second kappa shape index (κ2) is 7.10. The Morgan fingerprint density at radius 3 is 2.56 bits per heavy atom. The van der Waals surface area contributed by atoms with Crippen molar-refractivity contribution in [2.75, 3.05) is 13.7 Å². The molecule has 0 saturated heterocycles. The fourth-order valence-corrected chi connectivity index (χ4v) is 2.44. The van der Waals surface area contributed by atoms with Crippen LogP contribution in [0.25, 0.3) is 0 Å². The highest BCUT2D eigenvalue weighted by Crippen LogP contribution is 2.27. The van der Waals surface area contributed by atoms with E-state index in [1.807, 2.05) is 32.0 Å². The number of nitrogens with two attached hydrogens (primary N) is 1. The topological polar surface area (TPSA) is 35.2 Å². The summed E-state index contributed by atoms with van der Waals surface area (Å²) in [6.07, 6.45) is -0.573. The third kappa shape index (κ3) is 3.95. The Balaban J connectivity index is 2.83. The molecule has 0 aromatic heterocycles. The van der Waals surface area contributed by atoms with Crippen LogP contribution in [0.5, 0.6) is 5.75 Å². The highest BCUT2D eigenvalue weighted by Gasteiger charge is 2.24. The van der Waals surface area contributed by atoms with Gasteiger partial charge in [0, 0.05) is 16.8 Å². The first-order valence-corrected chi connectivity index (χ1v) is 6.95. The highest BCUT2D eigenvalue weighted by atomic mass is 79.9. The van der Waals surface area contributed by atoms with Crippen molar-refractivity contribution in [2.45, 2.75) is 26.4 Å². The quantitative estimate of drug-likeness (QED) is 0.870. The molecule has 2 atom stereocenters. The molecule has 4 heteroatoms. The van der Waals surface area contributed by atoms with Crippen LogP contribution in [0.3, 0.4) is 0 Å². The number of hydrogen-bond acceptors (Lipinski definition) is 2. The SMILES string of the molecule is COc1ccc(Br)c(CC(F)C(CN)C(C)C)c1. The molecule has 1 aromatic carbocycles. The Labute approximate surface area is 117 Å². The van der Waals surface area contributed by atoms with Gasteiger partial charge in [-0.1, -0.05) is 29.8 Å². The summed E-state index contributed by atoms with van der Waals surface area (Å²) in [4.78, 5) is 0. The molecule has 0 heterocycles. The van der Waals surface area contributed by atoms with Crippen LogP contribution in [0.15, 0.2) is 22.7 Å². The second-order valence-electron chi connectivity index (χ2n) is 4.82. The monoisotopic (exact) mass is 317 g/mol. The van der Waals surface area contributed by atoms with E-state index in [4.69, 9.17) is 10.5 Å². The van der Waals surface area contributed by atoms with Crippen LogP contribution in [-0.2, 0) is 6.42 Å². The third-order valence-corrected chi connectivity index (χ3v) is 4.03. The summed E-state index contributed by atoms with van der Waals surface area (Å²) >= 11 is 3.44. The molecule has 0 radical (unpaired) electrons. The molecule has 102 valence electrons. The molecule has 0 aliphatic carbocycles. The lowest BCUT2D eigenvalue weighted by Gasteiger charge is -2.23. The first-order valence-electron chi connectivity index (χ1n) is 6.16. The standard InChI is InChI=1S/C14H21BrFNO/c1-9(2)12(8-17)14(16)7-10-6-11(18-3)4-5-13(10)15/h4-6,9,12,14H,7-8,17H2,1-3H3. The summed E-state index contributed by atoms with van der Waals surface area (Å²) in [7, 11) is 1.61. The Hall–Kier alpha value is -0.610. The molecule has 2 unspecified atom stereocenters. The Bertz CT molecular complexity index is 384. The van der Waals surface area contributed by atoms with Crippen LogP contribution < -0.4 is 10.5 Å². The smallest absolute Gasteiger partial charge is 0.119 e. The van der Waals surface area contributed by atoms with Gasteiger partial charge in [0.2, 0.25) is 0 Å². The van der Waals surface area contributed by atoms with Crippen LogP contribution in [0, 0.1) is 11.8 Å². The van der Waals surface area contributed by atoms with Crippen molar-refractivity contribution in [1.29, 1.82) is 0 Å². The molecule has 0 spiro atoms. The minimum Gasteiger partial charge on any atom is -0.497 e. The van der Waals surface area contributed by atoms with E-state index in [1.54, 1.807) is 7.11 Å². The predicted octanol–water partition coefficient (Wildman–Crippen LogP) is 3.57. The van der Waals surface area contributed by atoms with E-state index in [9.17, 15) is 4.39 Å². The zero-order valence-electron chi connectivity index (χ0n) is 11.1. The molecule has 2 N–H and O–H groups in total. The maximum Gasteiger partial charge on any atom is 0.119 e. The van der Waals surface area contributed by atoms with Crippen molar-refractivity contribution >= 4 is 15.9 Å². The van der Waals surface area contributed by atoms with Gasteiger partial charge in [-0.25, -0.2) is 4.39 Å². The third-order valence-electron chi connectivity index (χ3n) is 3.26. The number of hydrogen-bond donors (Lipinski definition) is 1. The second-order valence-corrected chi connectivity index (χ2v) is 5.68. The molecule has 0 fully saturated rings. The molecule has 1 aromatic rings. The fraction of sp³-hybridized carbons (Fsp3) is 0.571. The van der Waals surface area contributed by atoms with E-state index in [2.05, 4.69) is 15.9 Å². The highest BCUT2D eigenvalue weighted by molar-refractivity contribution is 9.10. The predicted molar refractivity (Wildman–Crippen MR) is 76.7 cm³/mol. The van der Waals surface area contributed by atoms with E-state index >= 15 is 0 Å². The molecule has 0 amide bonds. The molecule has 1 rings (SSSR count). The zero-order chi connectivity index (χ0) is 13.7. The van der Waals surface area contributed by atoms with Gasteiger partial charge in [0.1, 0.15) is 11.9 Å². The summed E-state index contributed by atoms with van der Waals surface area (Å²) in [6.45, 7) is 4.38. The molecule has 0 bridgehead atoms. The van der Waals surface area contributed by atoms with Gasteiger partial charge in [0.25, 0.3) is 0 Å². The molecule has 2 nitrogen and oxygen atoms in total. The number of benzene rings is 1. The van der Waals surface area contributed by atoms with Crippen molar-refractivity contribution in [2.24, 2.45) is 17.6 Å². The molecule has 0 aliphatic heterocycles. The first kappa shape index (κ1) is 15.4. The van der Waals surface area contributed by atoms with Crippen molar-refractivity contribution < 1.29 is 9.13 Å². The van der Waals surface area contributed by atoms with Gasteiger partial charge in [-0.15, -0.1) is 0 Å². The van der Waals surface area contributed by atoms with Crippen LogP contribution in [0.1, 0.15) is 19.4 Å². The number of alkyl halides is 1. The van der Waals surface area contributed by atoms with Gasteiger partial charge < -0.3 is 10.5 Å². The largest absolute Gasteiger partial charge is 0.497 e. The van der Waals surface area contributed by atoms with Gasteiger partial charge in [0.05, 0.1) is 7.11 Å². The normalized spacial score (nSPS) is 14.6. The lowest BCUT2D eigenvalue weighted by Crippen LogP contribution is -2.30. The molecule has 18 heavy (non-hydrogen) atoms. The Kier molecular flexibility index (Phi) is 6.09. The summed E-state index contributed by atoms with van der Waals surface area (Å²) in [6, 6.07) is 5.60. The van der Waals surface area contributed by atoms with Crippen LogP contribution in [0.4, 0.5) is 4.39 Å². The maximum atomic E-state index is 14.3. The molecule has 0 aliphatic rings. The van der Waals surface area contributed by atoms with E-state index in [0.29, 0.717) is 13.0 Å². The van der Waals surface area contributed by atoms with Crippen LogP contribution in [0.2, 0.25) is 0 Å². The van der Waals surface area contributed by atoms with Gasteiger partial charge in [-0.3, -0.25) is 0 Å². The van der Waals surface area contributed by atoms with Crippen LogP contribution in [-0.4, -0.2) is 19.8 Å². The van der Waals surface area contributed by atoms with Gasteiger partial charge in [-0.2, -0.15) is 0 Å². The minimum atomic E-state index is -0.932. The lowest BCUT2D eigenvalue weighted by atomic mass is 9.88. The lowest BCUT2D eigenvalue weighted by molar-refractivity contribution is 0.185. The average Bonchev–Trinajstić information content (AvgIpc) is 2.32. The average molecular weight is 318 g/mol. The summed E-state index contributed by atoms with van der Waals surface area (Å²) in [5, 5.41) is 0. The number of halogens is 2. The van der Waals surface area contributed by atoms with Gasteiger partial charge in [0.15, 0.2) is 0 Å². The maximum absolute atomic E-state index is 14.3. The number of rotatable bonds is 6. The van der Waals surface area contributed by atoms with E-state index in [0.717, 1.165) is 15.8 Å². The Morgan fingerprint density at radius 2 is 2.06 bits per heavy atom. The molecule has 0 saturated carbocycles. The van der Waals surface area contributed by atoms with Crippen molar-refractivity contribution in [1.82, 2.24) is 0 Å². The first-order chi connectivity index (χ1) is 8.49. The van der Waals surface area contributed by atoms with E-state index < -0.39 is 6.17 Å². The number of methoxy groups -OCH3 is 1. The summed E-state index contributed by atoms with van der Waals surface area (Å²) in [5.74, 6) is 0.881. The van der Waals surface area contributed by atoms with Crippen molar-refractivity contribution in [3.8, 4) is 5.75 Å². The summed E-state index contributed by atoms with van der Waals surface area (Å²) in [5.41, 5.74) is 6.56. The van der Waals surface area contributed by atoms with E-state index in [1.165, 1.54) is 0 Å². The van der Waals surface area contributed by atoms with Gasteiger partial charge in [-0.05, 0) is 36.2 Å².